The molecule has 1 aromatic heterocycles. The zero-order chi connectivity index (χ0) is 10.8. The molecule has 0 bridgehead atoms. The van der Waals surface area contributed by atoms with Crippen molar-refractivity contribution in [3.05, 3.63) is 24.2 Å². The molecule has 15 heavy (non-hydrogen) atoms. The first kappa shape index (κ1) is 9.76. The van der Waals surface area contributed by atoms with E-state index >= 15 is 0 Å². The molecular formula is C10H12N2O3. The number of furan rings is 1. The van der Waals surface area contributed by atoms with Crippen LogP contribution in [0.4, 0.5) is 0 Å². The Bertz CT molecular complexity index is 372. The molecule has 0 aromatic carbocycles. The molecule has 2 amide bonds. The van der Waals surface area contributed by atoms with E-state index in [0.717, 1.165) is 0 Å². The van der Waals surface area contributed by atoms with E-state index in [2.05, 4.69) is 5.32 Å². The highest BCUT2D eigenvalue weighted by atomic mass is 16.3. The summed E-state index contributed by atoms with van der Waals surface area (Å²) in [5, 5.41) is 2.53. The lowest BCUT2D eigenvalue weighted by molar-refractivity contribution is -0.145. The molecule has 0 unspecified atom stereocenters. The molecule has 2 rings (SSSR count). The van der Waals surface area contributed by atoms with E-state index < -0.39 is 6.04 Å². The first-order valence-corrected chi connectivity index (χ1v) is 4.78. The summed E-state index contributed by atoms with van der Waals surface area (Å²) in [7, 11) is 0. The minimum atomic E-state index is -0.434. The second kappa shape index (κ2) is 3.76. The van der Waals surface area contributed by atoms with Crippen molar-refractivity contribution in [1.82, 2.24) is 10.2 Å². The largest absolute Gasteiger partial charge is 0.467 e. The predicted molar refractivity (Wildman–Crippen MR) is 51.7 cm³/mol. The number of nitrogens with zero attached hydrogens (tertiary/aromatic N) is 1. The maximum Gasteiger partial charge on any atom is 0.243 e. The number of hydrogen-bond acceptors (Lipinski definition) is 3. The first-order valence-electron chi connectivity index (χ1n) is 4.78. The van der Waals surface area contributed by atoms with E-state index in [-0.39, 0.29) is 18.4 Å². The summed E-state index contributed by atoms with van der Waals surface area (Å²) in [4.78, 5) is 24.4. The van der Waals surface area contributed by atoms with E-state index in [1.165, 1.54) is 4.90 Å². The number of rotatable bonds is 2. The van der Waals surface area contributed by atoms with Gasteiger partial charge in [0.05, 0.1) is 19.4 Å². The fraction of sp³-hybridized carbons (Fsp3) is 0.400. The molecule has 1 saturated heterocycles. The molecule has 0 saturated carbocycles. The SMILES string of the molecule is C[C@@H]1C(=O)NCC(=O)N1Cc1ccco1. The Balaban J connectivity index is 2.12. The van der Waals surface area contributed by atoms with Crippen LogP contribution in [0.5, 0.6) is 0 Å². The highest BCUT2D eigenvalue weighted by Gasteiger charge is 2.31. The van der Waals surface area contributed by atoms with Gasteiger partial charge < -0.3 is 14.6 Å². The predicted octanol–water partition coefficient (Wildman–Crippen LogP) is 0.126. The number of carbonyl (C=O) groups excluding carboxylic acids is 2. The normalized spacial score (nSPS) is 21.7. The zero-order valence-corrected chi connectivity index (χ0v) is 8.40. The number of amides is 2. The second-order valence-corrected chi connectivity index (χ2v) is 3.49. The third-order valence-corrected chi connectivity index (χ3v) is 2.49. The van der Waals surface area contributed by atoms with Crippen molar-refractivity contribution < 1.29 is 14.0 Å². The van der Waals surface area contributed by atoms with Gasteiger partial charge in [0.1, 0.15) is 11.8 Å². The van der Waals surface area contributed by atoms with Gasteiger partial charge in [0.2, 0.25) is 11.8 Å². The Morgan fingerprint density at radius 1 is 1.60 bits per heavy atom. The van der Waals surface area contributed by atoms with E-state index in [0.29, 0.717) is 12.3 Å². The van der Waals surface area contributed by atoms with Crippen molar-refractivity contribution in [2.45, 2.75) is 19.5 Å². The molecule has 1 aliphatic rings. The van der Waals surface area contributed by atoms with Crippen LogP contribution < -0.4 is 5.32 Å². The minimum Gasteiger partial charge on any atom is -0.467 e. The summed E-state index contributed by atoms with van der Waals surface area (Å²) >= 11 is 0. The van der Waals surface area contributed by atoms with Crippen LogP contribution in [0, 0.1) is 0 Å². The molecule has 1 fully saturated rings. The number of nitrogens with one attached hydrogen (secondary N) is 1. The lowest BCUT2D eigenvalue weighted by atomic mass is 10.2. The highest BCUT2D eigenvalue weighted by Crippen LogP contribution is 2.11. The molecule has 5 nitrogen and oxygen atoms in total. The molecule has 1 atom stereocenters. The maximum atomic E-state index is 11.5. The fourth-order valence-electron chi connectivity index (χ4n) is 1.57. The van der Waals surface area contributed by atoms with Crippen LogP contribution in [0.3, 0.4) is 0 Å². The van der Waals surface area contributed by atoms with Crippen molar-refractivity contribution in [2.24, 2.45) is 0 Å². The van der Waals surface area contributed by atoms with Gasteiger partial charge in [-0.1, -0.05) is 0 Å². The Kier molecular flexibility index (Phi) is 2.45. The molecule has 1 N–H and O–H groups in total. The van der Waals surface area contributed by atoms with Crippen molar-refractivity contribution in [1.29, 1.82) is 0 Å². The molecule has 0 radical (unpaired) electrons. The van der Waals surface area contributed by atoms with E-state index in [1.54, 1.807) is 25.3 Å². The van der Waals surface area contributed by atoms with Crippen molar-refractivity contribution in [2.75, 3.05) is 6.54 Å². The summed E-state index contributed by atoms with van der Waals surface area (Å²) in [6, 6.07) is 3.11. The van der Waals surface area contributed by atoms with Gasteiger partial charge in [-0.25, -0.2) is 0 Å². The summed E-state index contributed by atoms with van der Waals surface area (Å²) in [5.74, 6) is 0.476. The van der Waals surface area contributed by atoms with Gasteiger partial charge >= 0.3 is 0 Å². The van der Waals surface area contributed by atoms with Gasteiger partial charge in [-0.05, 0) is 19.1 Å². The van der Waals surface area contributed by atoms with Crippen molar-refractivity contribution in [3.63, 3.8) is 0 Å². The van der Waals surface area contributed by atoms with Gasteiger partial charge in [-0.3, -0.25) is 9.59 Å². The Labute approximate surface area is 87.0 Å². The van der Waals surface area contributed by atoms with Gasteiger partial charge in [0, 0.05) is 0 Å². The van der Waals surface area contributed by atoms with Crippen LogP contribution in [-0.4, -0.2) is 29.3 Å². The van der Waals surface area contributed by atoms with Crippen LogP contribution in [-0.2, 0) is 16.1 Å². The number of hydrogen-bond donors (Lipinski definition) is 1. The minimum absolute atomic E-state index is 0.0733. The third kappa shape index (κ3) is 1.86. The Morgan fingerprint density at radius 3 is 3.07 bits per heavy atom. The van der Waals surface area contributed by atoms with Gasteiger partial charge in [-0.2, -0.15) is 0 Å². The molecular weight excluding hydrogens is 196 g/mol. The van der Waals surface area contributed by atoms with E-state index in [9.17, 15) is 9.59 Å². The highest BCUT2D eigenvalue weighted by molar-refractivity contribution is 5.94. The molecule has 5 heteroatoms. The molecule has 80 valence electrons. The topological polar surface area (TPSA) is 62.6 Å². The molecule has 2 heterocycles. The zero-order valence-electron chi connectivity index (χ0n) is 8.40. The van der Waals surface area contributed by atoms with Gasteiger partial charge in [-0.15, -0.1) is 0 Å². The molecule has 1 aromatic rings. The van der Waals surface area contributed by atoms with E-state index in [1.807, 2.05) is 0 Å². The summed E-state index contributed by atoms with van der Waals surface area (Å²) in [6.07, 6.45) is 1.55. The van der Waals surface area contributed by atoms with Gasteiger partial charge in [0.15, 0.2) is 0 Å². The lowest BCUT2D eigenvalue weighted by Crippen LogP contribution is -2.56. The lowest BCUT2D eigenvalue weighted by Gasteiger charge is -2.31. The fourth-order valence-corrected chi connectivity index (χ4v) is 1.57. The summed E-state index contributed by atoms with van der Waals surface area (Å²) in [5.41, 5.74) is 0. The Hall–Kier alpha value is -1.78. The maximum absolute atomic E-state index is 11.5. The third-order valence-electron chi connectivity index (χ3n) is 2.49. The smallest absolute Gasteiger partial charge is 0.243 e. The standard InChI is InChI=1S/C10H12N2O3/c1-7-10(14)11-5-9(13)12(7)6-8-3-2-4-15-8/h2-4,7H,5-6H2,1H3,(H,11,14)/t7-/m1/s1. The molecule has 1 aliphatic heterocycles. The van der Waals surface area contributed by atoms with Crippen LogP contribution in [0.15, 0.2) is 22.8 Å². The summed E-state index contributed by atoms with van der Waals surface area (Å²) < 4.78 is 5.14. The number of carbonyl (C=O) groups is 2. The van der Waals surface area contributed by atoms with Crippen LogP contribution in [0.25, 0.3) is 0 Å². The Morgan fingerprint density at radius 2 is 2.40 bits per heavy atom. The second-order valence-electron chi connectivity index (χ2n) is 3.49. The van der Waals surface area contributed by atoms with Crippen LogP contribution in [0.1, 0.15) is 12.7 Å². The van der Waals surface area contributed by atoms with Crippen LogP contribution >= 0.6 is 0 Å². The quantitative estimate of drug-likeness (QED) is 0.751. The molecule has 0 spiro atoms. The summed E-state index contributed by atoms with van der Waals surface area (Å²) in [6.45, 7) is 2.12. The van der Waals surface area contributed by atoms with E-state index in [4.69, 9.17) is 4.42 Å². The molecule has 0 aliphatic carbocycles. The average Bonchev–Trinajstić information content (AvgIpc) is 2.71. The van der Waals surface area contributed by atoms with Crippen molar-refractivity contribution >= 4 is 11.8 Å². The van der Waals surface area contributed by atoms with Gasteiger partial charge in [0.25, 0.3) is 0 Å². The monoisotopic (exact) mass is 208 g/mol. The number of piperazine rings is 1. The first-order chi connectivity index (χ1) is 7.18. The van der Waals surface area contributed by atoms with Crippen LogP contribution in [0.2, 0.25) is 0 Å². The average molecular weight is 208 g/mol. The van der Waals surface area contributed by atoms with Crippen molar-refractivity contribution in [3.8, 4) is 0 Å².